The molecule has 0 unspecified atom stereocenters. The third kappa shape index (κ3) is 3.40. The predicted molar refractivity (Wildman–Crippen MR) is 67.5 cm³/mol. The van der Waals surface area contributed by atoms with Gasteiger partial charge in [-0.25, -0.2) is 8.42 Å². The minimum Gasteiger partial charge on any atom is -0.504 e. The van der Waals surface area contributed by atoms with Crippen molar-refractivity contribution in [1.82, 2.24) is 0 Å². The molecule has 0 atom stereocenters. The van der Waals surface area contributed by atoms with Crippen LogP contribution in [0.25, 0.3) is 0 Å². The second-order valence-corrected chi connectivity index (χ2v) is 6.57. The molecule has 1 N–H and O–H groups in total. The number of halogens is 2. The molecule has 0 aliphatic rings. The Hall–Kier alpha value is -0.650. The van der Waals surface area contributed by atoms with Gasteiger partial charge in [0.25, 0.3) is 0 Å². The second-order valence-electron chi connectivity index (χ2n) is 3.42. The molecular formula is C10H12Cl2O4S. The van der Waals surface area contributed by atoms with E-state index in [-0.39, 0.29) is 22.1 Å². The molecule has 7 heteroatoms. The standard InChI is InChI=1S/C10H12Cl2O4S/c1-3-6-4-8(16-2)10(13)7(9(6)11)5-17(12,14)15/h4,13H,3,5H2,1-2H3. The lowest BCUT2D eigenvalue weighted by atomic mass is 10.1. The lowest BCUT2D eigenvalue weighted by Crippen LogP contribution is -2.00. The average Bonchev–Trinajstić information content (AvgIpc) is 2.23. The van der Waals surface area contributed by atoms with Gasteiger partial charge in [0.05, 0.1) is 17.9 Å². The van der Waals surface area contributed by atoms with E-state index in [9.17, 15) is 13.5 Å². The lowest BCUT2D eigenvalue weighted by Gasteiger charge is -2.13. The van der Waals surface area contributed by atoms with Crippen LogP contribution in [0.3, 0.4) is 0 Å². The highest BCUT2D eigenvalue weighted by atomic mass is 35.7. The van der Waals surface area contributed by atoms with Crippen LogP contribution in [-0.4, -0.2) is 20.6 Å². The van der Waals surface area contributed by atoms with Crippen molar-refractivity contribution >= 4 is 31.3 Å². The number of methoxy groups -OCH3 is 1. The van der Waals surface area contributed by atoms with Crippen LogP contribution >= 0.6 is 22.3 Å². The highest BCUT2D eigenvalue weighted by Gasteiger charge is 2.20. The molecule has 0 bridgehead atoms. The first-order valence-electron chi connectivity index (χ1n) is 4.79. The number of phenols is 1. The molecule has 0 aliphatic carbocycles. The topological polar surface area (TPSA) is 63.6 Å². The van der Waals surface area contributed by atoms with Crippen LogP contribution in [0.15, 0.2) is 6.07 Å². The molecule has 0 spiro atoms. The zero-order valence-electron chi connectivity index (χ0n) is 9.33. The summed E-state index contributed by atoms with van der Waals surface area (Å²) in [7, 11) is 2.74. The van der Waals surface area contributed by atoms with E-state index < -0.39 is 14.8 Å². The van der Waals surface area contributed by atoms with Gasteiger partial charge in [-0.05, 0) is 18.1 Å². The van der Waals surface area contributed by atoms with Gasteiger partial charge in [-0.3, -0.25) is 0 Å². The first-order chi connectivity index (χ1) is 7.80. The van der Waals surface area contributed by atoms with Gasteiger partial charge in [-0.15, -0.1) is 0 Å². The number of aromatic hydroxyl groups is 1. The highest BCUT2D eigenvalue weighted by Crippen LogP contribution is 2.39. The van der Waals surface area contributed by atoms with E-state index in [0.29, 0.717) is 12.0 Å². The zero-order chi connectivity index (χ0) is 13.2. The van der Waals surface area contributed by atoms with Gasteiger partial charge >= 0.3 is 0 Å². The summed E-state index contributed by atoms with van der Waals surface area (Å²) in [6.45, 7) is 1.86. The summed E-state index contributed by atoms with van der Waals surface area (Å²) in [5.41, 5.74) is 0.759. The van der Waals surface area contributed by atoms with Crippen molar-refractivity contribution in [3.8, 4) is 11.5 Å². The fraction of sp³-hybridized carbons (Fsp3) is 0.400. The largest absolute Gasteiger partial charge is 0.504 e. The van der Waals surface area contributed by atoms with Gasteiger partial charge in [-0.2, -0.15) is 0 Å². The summed E-state index contributed by atoms with van der Waals surface area (Å²) >= 11 is 6.01. The Balaban J connectivity index is 3.45. The molecule has 1 aromatic rings. The molecule has 0 radical (unpaired) electrons. The summed E-state index contributed by atoms with van der Waals surface area (Å²) in [5, 5.41) is 10.0. The first-order valence-corrected chi connectivity index (χ1v) is 7.65. The maximum atomic E-state index is 11.1. The monoisotopic (exact) mass is 298 g/mol. The third-order valence-corrected chi connectivity index (χ3v) is 3.72. The van der Waals surface area contributed by atoms with Crippen molar-refractivity contribution in [2.75, 3.05) is 7.11 Å². The van der Waals surface area contributed by atoms with Crippen LogP contribution in [0.5, 0.6) is 11.5 Å². The Bertz CT molecular complexity index is 497. The predicted octanol–water partition coefficient (Wildman–Crippen LogP) is 2.69. The molecule has 4 nitrogen and oxygen atoms in total. The number of aryl methyl sites for hydroxylation is 1. The Morgan fingerprint density at radius 1 is 1.47 bits per heavy atom. The molecule has 0 fully saturated rings. The average molecular weight is 299 g/mol. The van der Waals surface area contributed by atoms with E-state index >= 15 is 0 Å². The summed E-state index contributed by atoms with van der Waals surface area (Å²) in [6, 6.07) is 1.57. The number of phenolic OH excluding ortho intramolecular Hbond substituents is 1. The summed E-state index contributed by atoms with van der Waals surface area (Å²) < 4.78 is 27.1. The molecule has 0 saturated carbocycles. The van der Waals surface area contributed by atoms with E-state index in [2.05, 4.69) is 0 Å². The molecule has 0 heterocycles. The molecule has 0 aromatic heterocycles. The van der Waals surface area contributed by atoms with Crippen molar-refractivity contribution in [2.45, 2.75) is 19.1 Å². The van der Waals surface area contributed by atoms with Gasteiger partial charge in [0.15, 0.2) is 11.5 Å². The highest BCUT2D eigenvalue weighted by molar-refractivity contribution is 8.13. The number of hydrogen-bond donors (Lipinski definition) is 1. The summed E-state index contributed by atoms with van der Waals surface area (Å²) in [5.74, 6) is -0.649. The molecule has 96 valence electrons. The Morgan fingerprint density at radius 3 is 2.47 bits per heavy atom. The van der Waals surface area contributed by atoms with Crippen LogP contribution in [0.1, 0.15) is 18.1 Å². The number of rotatable bonds is 4. The van der Waals surface area contributed by atoms with Crippen molar-refractivity contribution in [3.63, 3.8) is 0 Å². The van der Waals surface area contributed by atoms with Crippen molar-refractivity contribution in [2.24, 2.45) is 0 Å². The molecule has 0 amide bonds. The molecule has 0 saturated heterocycles. The lowest BCUT2D eigenvalue weighted by molar-refractivity contribution is 0.371. The summed E-state index contributed by atoms with van der Waals surface area (Å²) in [6.07, 6.45) is 0.588. The number of benzene rings is 1. The number of ether oxygens (including phenoxy) is 1. The maximum absolute atomic E-state index is 11.1. The van der Waals surface area contributed by atoms with Crippen LogP contribution in [0.2, 0.25) is 5.02 Å². The summed E-state index contributed by atoms with van der Waals surface area (Å²) in [4.78, 5) is 0. The van der Waals surface area contributed by atoms with Crippen molar-refractivity contribution < 1.29 is 18.3 Å². The third-order valence-electron chi connectivity index (χ3n) is 2.29. The first kappa shape index (κ1) is 14.4. The zero-order valence-corrected chi connectivity index (χ0v) is 11.7. The Labute approximate surface area is 110 Å². The smallest absolute Gasteiger partial charge is 0.236 e. The van der Waals surface area contributed by atoms with Crippen LogP contribution in [0.4, 0.5) is 0 Å². The Kier molecular flexibility index (Phi) is 4.52. The minimum atomic E-state index is -3.80. The van der Waals surface area contributed by atoms with Crippen molar-refractivity contribution in [1.29, 1.82) is 0 Å². The Morgan fingerprint density at radius 2 is 2.06 bits per heavy atom. The maximum Gasteiger partial charge on any atom is 0.236 e. The fourth-order valence-corrected chi connectivity index (χ4v) is 2.83. The van der Waals surface area contributed by atoms with Gasteiger partial charge in [-0.1, -0.05) is 18.5 Å². The van der Waals surface area contributed by atoms with Gasteiger partial charge in [0.1, 0.15) is 0 Å². The van der Waals surface area contributed by atoms with E-state index in [1.54, 1.807) is 6.07 Å². The normalized spacial score (nSPS) is 11.5. The van der Waals surface area contributed by atoms with Gasteiger partial charge in [0.2, 0.25) is 9.05 Å². The molecule has 1 rings (SSSR count). The van der Waals surface area contributed by atoms with Crippen LogP contribution in [-0.2, 0) is 21.2 Å². The van der Waals surface area contributed by atoms with E-state index in [0.717, 1.165) is 0 Å². The van der Waals surface area contributed by atoms with Crippen molar-refractivity contribution in [3.05, 3.63) is 22.2 Å². The molecule has 1 aromatic carbocycles. The molecule has 17 heavy (non-hydrogen) atoms. The minimum absolute atomic E-state index is 0.0675. The van der Waals surface area contributed by atoms with E-state index in [4.69, 9.17) is 27.0 Å². The number of hydrogen-bond acceptors (Lipinski definition) is 4. The molecule has 0 aliphatic heterocycles. The van der Waals surface area contributed by atoms with Crippen LogP contribution in [0, 0.1) is 0 Å². The van der Waals surface area contributed by atoms with Crippen LogP contribution < -0.4 is 4.74 Å². The van der Waals surface area contributed by atoms with Gasteiger partial charge in [0, 0.05) is 16.2 Å². The van der Waals surface area contributed by atoms with E-state index in [1.807, 2.05) is 6.92 Å². The molecular weight excluding hydrogens is 287 g/mol. The quantitative estimate of drug-likeness (QED) is 0.868. The second kappa shape index (κ2) is 5.33. The van der Waals surface area contributed by atoms with Gasteiger partial charge < -0.3 is 9.84 Å². The SMILES string of the molecule is CCc1cc(OC)c(O)c(CS(=O)(=O)Cl)c1Cl. The van der Waals surface area contributed by atoms with E-state index in [1.165, 1.54) is 7.11 Å². The fourth-order valence-electron chi connectivity index (χ4n) is 1.45.